The van der Waals surface area contributed by atoms with Gasteiger partial charge in [0.2, 0.25) is 0 Å². The molecule has 0 amide bonds. The molecule has 4 heteroatoms. The molecular formula is C15H14O4. The monoisotopic (exact) mass is 258 g/mol. The van der Waals surface area contributed by atoms with Gasteiger partial charge in [-0.25, -0.2) is 0 Å². The van der Waals surface area contributed by atoms with Crippen molar-refractivity contribution in [1.29, 1.82) is 0 Å². The van der Waals surface area contributed by atoms with Crippen molar-refractivity contribution in [1.82, 2.24) is 0 Å². The minimum absolute atomic E-state index is 0.242. The SMILES string of the molecule is O=C(O)C12CC=CCC1(C(=O)O)c1ccccc1C2. The Labute approximate surface area is 110 Å². The molecule has 4 nitrogen and oxygen atoms in total. The standard InChI is InChI=1S/C15H14O4/c16-12(17)14-7-3-4-8-15(14,13(18)19)11-6-2-1-5-10(11)9-14/h1-6H,7-9H2,(H,16,17)(H,18,19). The highest BCUT2D eigenvalue weighted by atomic mass is 16.4. The van der Waals surface area contributed by atoms with E-state index in [2.05, 4.69) is 0 Å². The summed E-state index contributed by atoms with van der Waals surface area (Å²) in [6.07, 6.45) is 4.38. The largest absolute Gasteiger partial charge is 0.481 e. The van der Waals surface area contributed by atoms with E-state index in [0.29, 0.717) is 5.56 Å². The Bertz CT molecular complexity index is 604. The molecule has 0 fully saturated rings. The van der Waals surface area contributed by atoms with Crippen molar-refractivity contribution in [2.75, 3.05) is 0 Å². The number of hydrogen-bond acceptors (Lipinski definition) is 2. The number of carboxylic acids is 2. The number of benzene rings is 1. The van der Waals surface area contributed by atoms with E-state index in [1.54, 1.807) is 24.3 Å². The van der Waals surface area contributed by atoms with Gasteiger partial charge in [-0.3, -0.25) is 9.59 Å². The smallest absolute Gasteiger partial charge is 0.315 e. The topological polar surface area (TPSA) is 74.6 Å². The lowest BCUT2D eigenvalue weighted by atomic mass is 9.58. The fraction of sp³-hybridized carbons (Fsp3) is 0.333. The molecule has 3 rings (SSSR count). The molecule has 2 atom stereocenters. The van der Waals surface area contributed by atoms with E-state index in [-0.39, 0.29) is 19.3 Å². The van der Waals surface area contributed by atoms with Crippen molar-refractivity contribution in [2.45, 2.75) is 24.7 Å². The van der Waals surface area contributed by atoms with Gasteiger partial charge in [0, 0.05) is 0 Å². The summed E-state index contributed by atoms with van der Waals surface area (Å²) in [4.78, 5) is 23.8. The third kappa shape index (κ3) is 1.23. The van der Waals surface area contributed by atoms with Crippen LogP contribution in [0.15, 0.2) is 36.4 Å². The third-order valence-electron chi connectivity index (χ3n) is 4.62. The van der Waals surface area contributed by atoms with E-state index in [0.717, 1.165) is 5.56 Å². The van der Waals surface area contributed by atoms with Gasteiger partial charge in [-0.15, -0.1) is 0 Å². The van der Waals surface area contributed by atoms with Crippen molar-refractivity contribution in [3.05, 3.63) is 47.5 Å². The van der Waals surface area contributed by atoms with E-state index in [4.69, 9.17) is 0 Å². The molecule has 2 N–H and O–H groups in total. The average molecular weight is 258 g/mol. The molecule has 0 heterocycles. The molecule has 19 heavy (non-hydrogen) atoms. The van der Waals surface area contributed by atoms with Crippen molar-refractivity contribution in [3.8, 4) is 0 Å². The molecule has 0 radical (unpaired) electrons. The van der Waals surface area contributed by atoms with Gasteiger partial charge >= 0.3 is 11.9 Å². The van der Waals surface area contributed by atoms with Gasteiger partial charge in [-0.2, -0.15) is 0 Å². The van der Waals surface area contributed by atoms with E-state index in [9.17, 15) is 19.8 Å². The van der Waals surface area contributed by atoms with Crippen LogP contribution in [-0.4, -0.2) is 22.2 Å². The maximum atomic E-state index is 11.9. The second-order valence-electron chi connectivity index (χ2n) is 5.31. The van der Waals surface area contributed by atoms with Gasteiger partial charge in [-0.05, 0) is 30.4 Å². The molecule has 2 aliphatic rings. The van der Waals surface area contributed by atoms with E-state index in [1.165, 1.54) is 0 Å². The summed E-state index contributed by atoms with van der Waals surface area (Å²) >= 11 is 0. The highest BCUT2D eigenvalue weighted by molar-refractivity contribution is 5.94. The molecule has 2 aliphatic carbocycles. The molecule has 0 saturated carbocycles. The molecular weight excluding hydrogens is 244 g/mol. The number of rotatable bonds is 2. The quantitative estimate of drug-likeness (QED) is 0.795. The zero-order chi connectivity index (χ0) is 13.7. The predicted octanol–water partition coefficient (Wildman–Crippen LogP) is 1.99. The van der Waals surface area contributed by atoms with Crippen LogP contribution in [0.2, 0.25) is 0 Å². The van der Waals surface area contributed by atoms with Crippen molar-refractivity contribution in [3.63, 3.8) is 0 Å². The van der Waals surface area contributed by atoms with Crippen LogP contribution in [0, 0.1) is 5.41 Å². The Kier molecular flexibility index (Phi) is 2.33. The van der Waals surface area contributed by atoms with Gasteiger partial charge in [0.1, 0.15) is 5.41 Å². The number of aliphatic carboxylic acids is 2. The van der Waals surface area contributed by atoms with Gasteiger partial charge in [0.15, 0.2) is 0 Å². The number of fused-ring (bicyclic) bond motifs is 3. The Balaban J connectivity index is 2.34. The second kappa shape index (κ2) is 3.70. The molecule has 0 aliphatic heterocycles. The second-order valence-corrected chi connectivity index (χ2v) is 5.31. The van der Waals surface area contributed by atoms with Gasteiger partial charge < -0.3 is 10.2 Å². The minimum Gasteiger partial charge on any atom is -0.481 e. The first-order valence-electron chi connectivity index (χ1n) is 6.25. The third-order valence-corrected chi connectivity index (χ3v) is 4.62. The van der Waals surface area contributed by atoms with Gasteiger partial charge in [-0.1, -0.05) is 36.4 Å². The Morgan fingerprint density at radius 3 is 2.37 bits per heavy atom. The Morgan fingerprint density at radius 1 is 1.00 bits per heavy atom. The summed E-state index contributed by atoms with van der Waals surface area (Å²) < 4.78 is 0. The lowest BCUT2D eigenvalue weighted by Gasteiger charge is -2.41. The Morgan fingerprint density at radius 2 is 1.68 bits per heavy atom. The lowest BCUT2D eigenvalue weighted by molar-refractivity contribution is -0.165. The summed E-state index contributed by atoms with van der Waals surface area (Å²) in [7, 11) is 0. The molecule has 98 valence electrons. The van der Waals surface area contributed by atoms with Gasteiger partial charge in [0.05, 0.1) is 5.41 Å². The van der Waals surface area contributed by atoms with E-state index in [1.807, 2.05) is 12.1 Å². The first-order chi connectivity index (χ1) is 9.04. The number of hydrogen-bond donors (Lipinski definition) is 2. The maximum absolute atomic E-state index is 11.9. The average Bonchev–Trinajstić information content (AvgIpc) is 2.71. The fourth-order valence-corrected chi connectivity index (χ4v) is 3.67. The fourth-order valence-electron chi connectivity index (χ4n) is 3.67. The molecule has 0 saturated heterocycles. The first-order valence-corrected chi connectivity index (χ1v) is 6.25. The normalized spacial score (nSPS) is 31.6. The van der Waals surface area contributed by atoms with Crippen molar-refractivity contribution in [2.24, 2.45) is 5.41 Å². The zero-order valence-corrected chi connectivity index (χ0v) is 10.3. The molecule has 2 unspecified atom stereocenters. The van der Waals surface area contributed by atoms with Crippen LogP contribution in [0.4, 0.5) is 0 Å². The van der Waals surface area contributed by atoms with E-state index >= 15 is 0 Å². The number of allylic oxidation sites excluding steroid dienone is 2. The van der Waals surface area contributed by atoms with Crippen LogP contribution in [0.5, 0.6) is 0 Å². The van der Waals surface area contributed by atoms with Crippen LogP contribution in [0.3, 0.4) is 0 Å². The summed E-state index contributed by atoms with van der Waals surface area (Å²) in [6, 6.07) is 7.20. The highest BCUT2D eigenvalue weighted by Gasteiger charge is 2.66. The highest BCUT2D eigenvalue weighted by Crippen LogP contribution is 2.58. The lowest BCUT2D eigenvalue weighted by Crippen LogP contribution is -2.54. The molecule has 1 aromatic carbocycles. The van der Waals surface area contributed by atoms with Crippen LogP contribution in [0.25, 0.3) is 0 Å². The molecule has 0 spiro atoms. The van der Waals surface area contributed by atoms with Crippen LogP contribution >= 0.6 is 0 Å². The first kappa shape index (κ1) is 12.0. The summed E-state index contributed by atoms with van der Waals surface area (Å²) in [5, 5.41) is 19.5. The van der Waals surface area contributed by atoms with Crippen LogP contribution in [0.1, 0.15) is 24.0 Å². The molecule has 1 aromatic rings. The molecule has 0 bridgehead atoms. The van der Waals surface area contributed by atoms with Gasteiger partial charge in [0.25, 0.3) is 0 Å². The van der Waals surface area contributed by atoms with Crippen LogP contribution < -0.4 is 0 Å². The predicted molar refractivity (Wildman–Crippen MR) is 67.9 cm³/mol. The zero-order valence-electron chi connectivity index (χ0n) is 10.3. The van der Waals surface area contributed by atoms with Crippen LogP contribution in [-0.2, 0) is 21.4 Å². The Hall–Kier alpha value is -2.10. The molecule has 0 aromatic heterocycles. The summed E-state index contributed by atoms with van der Waals surface area (Å²) in [5.74, 6) is -2.06. The maximum Gasteiger partial charge on any atom is 0.315 e. The minimum atomic E-state index is -1.33. The van der Waals surface area contributed by atoms with Crippen molar-refractivity contribution >= 4 is 11.9 Å². The summed E-state index contributed by atoms with van der Waals surface area (Å²) in [5.41, 5.74) is -1.08. The number of carboxylic acid groups (broad SMARTS) is 2. The number of carbonyl (C=O) groups is 2. The summed E-state index contributed by atoms with van der Waals surface area (Å²) in [6.45, 7) is 0. The van der Waals surface area contributed by atoms with E-state index < -0.39 is 22.8 Å². The van der Waals surface area contributed by atoms with Crippen molar-refractivity contribution < 1.29 is 19.8 Å².